The van der Waals surface area contributed by atoms with Crippen LogP contribution in [0.1, 0.15) is 16.1 Å². The minimum Gasteiger partial charge on any atom is -0.478 e. The van der Waals surface area contributed by atoms with Crippen molar-refractivity contribution in [2.24, 2.45) is 0 Å². The summed E-state index contributed by atoms with van der Waals surface area (Å²) in [5.74, 6) is -1.17. The number of hydrogen-bond donors (Lipinski definition) is 2. The number of aromatic nitrogens is 3. The molecule has 3 rings (SSSR count). The molecule has 2 N–H and O–H groups in total. The fraction of sp³-hybridized carbons (Fsp3) is 0.0769. The standard InChI is InChI=1S/C13H9N3O4S/c17-11-12(18)16(4-7-5-21-6-14-7)9-3-1-2-8(13(19)20)10(9)15-11/h1-3,5-6H,4H2,(H,15,17)(H,19,20). The maximum Gasteiger partial charge on any atom is 0.337 e. The molecule has 0 bridgehead atoms. The van der Waals surface area contributed by atoms with Gasteiger partial charge in [0.15, 0.2) is 0 Å². The lowest BCUT2D eigenvalue weighted by atomic mass is 10.1. The number of carboxylic acid groups (broad SMARTS) is 1. The zero-order chi connectivity index (χ0) is 15.0. The summed E-state index contributed by atoms with van der Waals surface area (Å²) in [5.41, 5.74) is 1.09. The van der Waals surface area contributed by atoms with Gasteiger partial charge in [0.25, 0.3) is 0 Å². The molecule has 2 heterocycles. The number of para-hydroxylation sites is 1. The normalized spacial score (nSPS) is 10.9. The van der Waals surface area contributed by atoms with Crippen molar-refractivity contribution in [2.45, 2.75) is 6.54 Å². The Hall–Kier alpha value is -2.74. The Morgan fingerprint density at radius 3 is 2.86 bits per heavy atom. The van der Waals surface area contributed by atoms with Gasteiger partial charge in [0.2, 0.25) is 0 Å². The van der Waals surface area contributed by atoms with Crippen LogP contribution in [0.3, 0.4) is 0 Å². The van der Waals surface area contributed by atoms with Gasteiger partial charge in [-0.15, -0.1) is 11.3 Å². The average molecular weight is 303 g/mol. The van der Waals surface area contributed by atoms with E-state index < -0.39 is 17.1 Å². The van der Waals surface area contributed by atoms with Crippen molar-refractivity contribution >= 4 is 28.3 Å². The number of fused-ring (bicyclic) bond motifs is 1. The minimum atomic E-state index is -1.17. The summed E-state index contributed by atoms with van der Waals surface area (Å²) in [5, 5.41) is 10.9. The number of carbonyl (C=O) groups is 1. The van der Waals surface area contributed by atoms with Gasteiger partial charge in [-0.2, -0.15) is 0 Å². The van der Waals surface area contributed by atoms with Crippen molar-refractivity contribution < 1.29 is 9.90 Å². The van der Waals surface area contributed by atoms with E-state index in [1.165, 1.54) is 28.0 Å². The van der Waals surface area contributed by atoms with Gasteiger partial charge in [0.05, 0.1) is 34.3 Å². The van der Waals surface area contributed by atoms with E-state index in [0.29, 0.717) is 11.2 Å². The molecule has 3 aromatic rings. The molecule has 0 spiro atoms. The maximum absolute atomic E-state index is 12.0. The second kappa shape index (κ2) is 4.98. The van der Waals surface area contributed by atoms with Crippen LogP contribution in [0.2, 0.25) is 0 Å². The fourth-order valence-electron chi connectivity index (χ4n) is 2.11. The zero-order valence-electron chi connectivity index (χ0n) is 10.6. The van der Waals surface area contributed by atoms with Gasteiger partial charge in [0.1, 0.15) is 0 Å². The first-order valence-corrected chi connectivity index (χ1v) is 6.88. The highest BCUT2D eigenvalue weighted by atomic mass is 32.1. The largest absolute Gasteiger partial charge is 0.478 e. The van der Waals surface area contributed by atoms with Crippen LogP contribution in [0.25, 0.3) is 11.0 Å². The smallest absolute Gasteiger partial charge is 0.337 e. The quantitative estimate of drug-likeness (QED) is 0.699. The van der Waals surface area contributed by atoms with Crippen molar-refractivity contribution in [3.05, 3.63) is 61.1 Å². The summed E-state index contributed by atoms with van der Waals surface area (Å²) in [4.78, 5) is 41.4. The van der Waals surface area contributed by atoms with E-state index in [1.807, 2.05) is 0 Å². The third kappa shape index (κ3) is 2.25. The maximum atomic E-state index is 12.0. The van der Waals surface area contributed by atoms with Crippen LogP contribution in [0.4, 0.5) is 0 Å². The summed E-state index contributed by atoms with van der Waals surface area (Å²) in [6, 6.07) is 4.49. The average Bonchev–Trinajstić information content (AvgIpc) is 2.96. The molecule has 7 nitrogen and oxygen atoms in total. The zero-order valence-corrected chi connectivity index (χ0v) is 11.4. The first-order chi connectivity index (χ1) is 10.1. The molecule has 8 heteroatoms. The molecular formula is C13H9N3O4S. The lowest BCUT2D eigenvalue weighted by Gasteiger charge is -2.09. The van der Waals surface area contributed by atoms with Crippen LogP contribution < -0.4 is 11.1 Å². The lowest BCUT2D eigenvalue weighted by molar-refractivity contribution is 0.0699. The SMILES string of the molecule is O=C(O)c1cccc2c1[nH]c(=O)c(=O)n2Cc1cscn1. The highest BCUT2D eigenvalue weighted by molar-refractivity contribution is 7.07. The molecule has 21 heavy (non-hydrogen) atoms. The van der Waals surface area contributed by atoms with Gasteiger partial charge < -0.3 is 10.1 Å². The van der Waals surface area contributed by atoms with E-state index in [1.54, 1.807) is 17.0 Å². The molecule has 0 unspecified atom stereocenters. The second-order valence-corrected chi connectivity index (χ2v) is 5.05. The summed E-state index contributed by atoms with van der Waals surface area (Å²) in [6.45, 7) is 0.117. The Morgan fingerprint density at radius 1 is 1.38 bits per heavy atom. The molecule has 0 saturated heterocycles. The van der Waals surface area contributed by atoms with Gasteiger partial charge in [-0.25, -0.2) is 9.78 Å². The molecule has 0 fully saturated rings. The van der Waals surface area contributed by atoms with Crippen molar-refractivity contribution in [3.8, 4) is 0 Å². The van der Waals surface area contributed by atoms with Gasteiger partial charge in [0, 0.05) is 5.38 Å². The number of aromatic amines is 1. The number of thiazole rings is 1. The molecule has 106 valence electrons. The number of H-pyrrole nitrogens is 1. The van der Waals surface area contributed by atoms with Crippen LogP contribution in [0.15, 0.2) is 38.7 Å². The number of aromatic carboxylic acids is 1. The lowest BCUT2D eigenvalue weighted by Crippen LogP contribution is -2.37. The van der Waals surface area contributed by atoms with Gasteiger partial charge >= 0.3 is 17.1 Å². The summed E-state index contributed by atoms with van der Waals surface area (Å²) >= 11 is 1.38. The predicted molar refractivity (Wildman–Crippen MR) is 77.0 cm³/mol. The Balaban J connectivity index is 2.35. The predicted octanol–water partition coefficient (Wildman–Crippen LogP) is 0.893. The first-order valence-electron chi connectivity index (χ1n) is 5.94. The van der Waals surface area contributed by atoms with Gasteiger partial charge in [-0.05, 0) is 12.1 Å². The third-order valence-electron chi connectivity index (χ3n) is 3.05. The first kappa shape index (κ1) is 13.3. The van der Waals surface area contributed by atoms with Crippen LogP contribution in [0.5, 0.6) is 0 Å². The molecule has 0 amide bonds. The van der Waals surface area contributed by atoms with E-state index in [-0.39, 0.29) is 17.6 Å². The minimum absolute atomic E-state index is 0.0587. The van der Waals surface area contributed by atoms with Crippen molar-refractivity contribution in [1.82, 2.24) is 14.5 Å². The number of nitrogens with zero attached hydrogens (tertiary/aromatic N) is 2. The van der Waals surface area contributed by atoms with Crippen molar-refractivity contribution in [1.29, 1.82) is 0 Å². The molecule has 1 aromatic carbocycles. The topological polar surface area (TPSA) is 105 Å². The van der Waals surface area contributed by atoms with Crippen molar-refractivity contribution in [3.63, 3.8) is 0 Å². The Labute approximate surface area is 121 Å². The summed E-state index contributed by atoms with van der Waals surface area (Å²) in [6.07, 6.45) is 0. The molecular weight excluding hydrogens is 294 g/mol. The highest BCUT2D eigenvalue weighted by Crippen LogP contribution is 2.15. The summed E-state index contributed by atoms with van der Waals surface area (Å²) in [7, 11) is 0. The van der Waals surface area contributed by atoms with Crippen LogP contribution in [-0.2, 0) is 6.54 Å². The van der Waals surface area contributed by atoms with Gasteiger partial charge in [-0.3, -0.25) is 14.2 Å². The monoisotopic (exact) mass is 303 g/mol. The van der Waals surface area contributed by atoms with E-state index in [9.17, 15) is 19.5 Å². The second-order valence-electron chi connectivity index (χ2n) is 4.33. The Kier molecular flexibility index (Phi) is 3.15. The number of benzene rings is 1. The van der Waals surface area contributed by atoms with E-state index in [4.69, 9.17) is 0 Å². The Bertz CT molecular complexity index is 940. The molecule has 0 saturated carbocycles. The van der Waals surface area contributed by atoms with E-state index in [0.717, 1.165) is 0 Å². The Morgan fingerprint density at radius 2 is 2.19 bits per heavy atom. The summed E-state index contributed by atoms with van der Waals surface area (Å²) < 4.78 is 1.23. The molecule has 0 aliphatic carbocycles. The number of rotatable bonds is 3. The molecule has 2 aromatic heterocycles. The van der Waals surface area contributed by atoms with E-state index in [2.05, 4.69) is 9.97 Å². The molecule has 0 atom stereocenters. The van der Waals surface area contributed by atoms with Crippen LogP contribution >= 0.6 is 11.3 Å². The molecule has 0 radical (unpaired) electrons. The molecule has 0 aliphatic rings. The number of carboxylic acids is 1. The van der Waals surface area contributed by atoms with Gasteiger partial charge in [-0.1, -0.05) is 6.07 Å². The van der Waals surface area contributed by atoms with Crippen molar-refractivity contribution in [2.75, 3.05) is 0 Å². The fourth-order valence-corrected chi connectivity index (χ4v) is 2.66. The van der Waals surface area contributed by atoms with Crippen LogP contribution in [0, 0.1) is 0 Å². The molecule has 0 aliphatic heterocycles. The number of hydrogen-bond acceptors (Lipinski definition) is 5. The number of nitrogens with one attached hydrogen (secondary N) is 1. The third-order valence-corrected chi connectivity index (χ3v) is 3.68. The highest BCUT2D eigenvalue weighted by Gasteiger charge is 2.14. The van der Waals surface area contributed by atoms with Crippen LogP contribution in [-0.4, -0.2) is 25.6 Å². The van der Waals surface area contributed by atoms with E-state index >= 15 is 0 Å².